The van der Waals surface area contributed by atoms with Gasteiger partial charge in [-0.05, 0) is 64.0 Å². The van der Waals surface area contributed by atoms with Crippen LogP contribution in [0.5, 0.6) is 0 Å². The van der Waals surface area contributed by atoms with Gasteiger partial charge >= 0.3 is 0 Å². The summed E-state index contributed by atoms with van der Waals surface area (Å²) >= 11 is 0. The molecule has 0 bridgehead atoms. The van der Waals surface area contributed by atoms with Gasteiger partial charge in [-0.3, -0.25) is 0 Å². The van der Waals surface area contributed by atoms with E-state index in [9.17, 15) is 0 Å². The van der Waals surface area contributed by atoms with Crippen LogP contribution in [0.3, 0.4) is 0 Å². The van der Waals surface area contributed by atoms with E-state index in [4.69, 9.17) is 9.73 Å². The van der Waals surface area contributed by atoms with Crippen LogP contribution in [-0.4, -0.2) is 22.0 Å². The zero-order valence-corrected chi connectivity index (χ0v) is 18.3. The van der Waals surface area contributed by atoms with Gasteiger partial charge in [0.2, 0.25) is 0 Å². The Labute approximate surface area is 168 Å². The summed E-state index contributed by atoms with van der Waals surface area (Å²) in [6.07, 6.45) is 2.14. The van der Waals surface area contributed by atoms with E-state index in [-0.39, 0.29) is 18.6 Å². The molecule has 1 aliphatic heterocycles. The molecule has 1 aliphatic rings. The van der Waals surface area contributed by atoms with Gasteiger partial charge in [-0.15, -0.1) is 0 Å². The standard InChI is InChI=1S/C21H27N3O.V/c1-12-9-10-18(23(12)6)20-15(4)21(25-8)17(22-20)11-19-14(3)13(2)16(5)24(19)7;/h9-11H,1-8H3;/b17-11+;. The van der Waals surface area contributed by atoms with Crippen molar-refractivity contribution in [1.82, 2.24) is 9.13 Å². The zero-order chi connectivity index (χ0) is 18.5. The van der Waals surface area contributed by atoms with E-state index < -0.39 is 0 Å². The molecule has 0 amide bonds. The van der Waals surface area contributed by atoms with E-state index in [1.807, 2.05) is 0 Å². The van der Waals surface area contributed by atoms with Crippen molar-refractivity contribution in [3.05, 3.63) is 63.1 Å². The Bertz CT molecular complexity index is 929. The number of aromatic nitrogens is 2. The number of aliphatic imine (C=N–C) groups is 1. The summed E-state index contributed by atoms with van der Waals surface area (Å²) < 4.78 is 10.1. The Morgan fingerprint density at radius 2 is 1.62 bits per heavy atom. The van der Waals surface area contributed by atoms with Gasteiger partial charge in [-0.1, -0.05) is 0 Å². The van der Waals surface area contributed by atoms with Crippen LogP contribution < -0.4 is 0 Å². The molecule has 5 heteroatoms. The van der Waals surface area contributed by atoms with Crippen molar-refractivity contribution in [3.63, 3.8) is 0 Å². The Hall–Kier alpha value is -1.91. The SMILES string of the molecule is COC1=C(C)C(c2ccc(C)n2C)=N/C1=C/c1c(C)c(C)c(C)n1C.[V]. The topological polar surface area (TPSA) is 31.4 Å². The first kappa shape index (κ1) is 20.4. The molecule has 0 aliphatic carbocycles. The Morgan fingerprint density at radius 1 is 0.962 bits per heavy atom. The minimum Gasteiger partial charge on any atom is -0.494 e. The van der Waals surface area contributed by atoms with Crippen molar-refractivity contribution in [1.29, 1.82) is 0 Å². The predicted molar refractivity (Wildman–Crippen MR) is 104 cm³/mol. The summed E-state index contributed by atoms with van der Waals surface area (Å²) in [5.41, 5.74) is 10.4. The second-order valence-corrected chi connectivity index (χ2v) is 6.85. The van der Waals surface area contributed by atoms with Gasteiger partial charge in [0.1, 0.15) is 11.5 Å². The zero-order valence-electron chi connectivity index (χ0n) is 16.9. The molecule has 3 heterocycles. The predicted octanol–water partition coefficient (Wildman–Crippen LogP) is 4.36. The summed E-state index contributed by atoms with van der Waals surface area (Å²) in [6, 6.07) is 4.24. The quantitative estimate of drug-likeness (QED) is 0.769. The second kappa shape index (κ2) is 7.38. The molecule has 137 valence electrons. The van der Waals surface area contributed by atoms with Crippen LogP contribution in [0.25, 0.3) is 6.08 Å². The van der Waals surface area contributed by atoms with E-state index in [2.05, 4.69) is 76.1 Å². The smallest absolute Gasteiger partial charge is 0.149 e. The van der Waals surface area contributed by atoms with Crippen LogP contribution in [0.4, 0.5) is 0 Å². The minimum absolute atomic E-state index is 0. The number of hydrogen-bond donors (Lipinski definition) is 0. The first-order valence-corrected chi connectivity index (χ1v) is 8.59. The maximum atomic E-state index is 5.70. The molecule has 2 aromatic rings. The number of hydrogen-bond acceptors (Lipinski definition) is 2. The van der Waals surface area contributed by atoms with Crippen molar-refractivity contribution in [2.24, 2.45) is 19.1 Å². The van der Waals surface area contributed by atoms with Gasteiger partial charge in [0.15, 0.2) is 0 Å². The molecule has 0 N–H and O–H groups in total. The molecule has 0 saturated carbocycles. The molecule has 1 radical (unpaired) electrons. The summed E-state index contributed by atoms with van der Waals surface area (Å²) in [6.45, 7) is 10.7. The largest absolute Gasteiger partial charge is 0.494 e. The van der Waals surface area contributed by atoms with Gasteiger partial charge in [0.25, 0.3) is 0 Å². The fraction of sp³-hybridized carbons (Fsp3) is 0.381. The third-order valence-electron chi connectivity index (χ3n) is 5.61. The molecule has 0 spiro atoms. The normalized spacial score (nSPS) is 15.5. The Morgan fingerprint density at radius 3 is 2.08 bits per heavy atom. The van der Waals surface area contributed by atoms with Crippen LogP contribution in [0.1, 0.15) is 40.8 Å². The van der Waals surface area contributed by atoms with Gasteiger partial charge in [0.05, 0.1) is 18.5 Å². The van der Waals surface area contributed by atoms with Crippen molar-refractivity contribution >= 4 is 11.8 Å². The average molecular weight is 388 g/mol. The van der Waals surface area contributed by atoms with E-state index in [1.165, 1.54) is 28.2 Å². The Balaban J connectivity index is 0.00000243. The van der Waals surface area contributed by atoms with Crippen molar-refractivity contribution in [3.8, 4) is 0 Å². The summed E-state index contributed by atoms with van der Waals surface area (Å²) in [7, 11) is 5.89. The number of aryl methyl sites for hydroxylation is 1. The van der Waals surface area contributed by atoms with Gasteiger partial charge in [-0.25, -0.2) is 4.99 Å². The number of ether oxygens (including phenoxy) is 1. The van der Waals surface area contributed by atoms with Gasteiger partial charge in [0, 0.05) is 55.3 Å². The monoisotopic (exact) mass is 388 g/mol. The van der Waals surface area contributed by atoms with Crippen LogP contribution in [0.2, 0.25) is 0 Å². The van der Waals surface area contributed by atoms with Crippen LogP contribution in [0, 0.1) is 27.7 Å². The number of methoxy groups -OCH3 is 1. The van der Waals surface area contributed by atoms with Crippen LogP contribution >= 0.6 is 0 Å². The summed E-state index contributed by atoms with van der Waals surface area (Å²) in [5, 5.41) is 0. The fourth-order valence-electron chi connectivity index (χ4n) is 3.49. The third kappa shape index (κ3) is 3.02. The van der Waals surface area contributed by atoms with E-state index in [0.29, 0.717) is 0 Å². The average Bonchev–Trinajstić information content (AvgIpc) is 3.14. The molecule has 0 aromatic carbocycles. The number of nitrogens with zero attached hydrogens (tertiary/aromatic N) is 3. The summed E-state index contributed by atoms with van der Waals surface area (Å²) in [4.78, 5) is 4.93. The molecule has 0 saturated heterocycles. The minimum atomic E-state index is 0. The molecule has 0 fully saturated rings. The van der Waals surface area contributed by atoms with E-state index in [0.717, 1.165) is 28.4 Å². The fourth-order valence-corrected chi connectivity index (χ4v) is 3.49. The molecular formula is C21H27N3OV. The maximum absolute atomic E-state index is 5.70. The molecule has 26 heavy (non-hydrogen) atoms. The van der Waals surface area contributed by atoms with Crippen LogP contribution in [-0.2, 0) is 37.4 Å². The molecule has 4 nitrogen and oxygen atoms in total. The van der Waals surface area contributed by atoms with Crippen molar-refractivity contribution in [2.45, 2.75) is 34.6 Å². The van der Waals surface area contributed by atoms with E-state index >= 15 is 0 Å². The third-order valence-corrected chi connectivity index (χ3v) is 5.61. The second-order valence-electron chi connectivity index (χ2n) is 6.85. The summed E-state index contributed by atoms with van der Waals surface area (Å²) in [5.74, 6) is 0.852. The van der Waals surface area contributed by atoms with Gasteiger partial charge in [-0.2, -0.15) is 0 Å². The molecule has 2 aromatic heterocycles. The molecular weight excluding hydrogens is 361 g/mol. The number of rotatable bonds is 3. The molecule has 0 unspecified atom stereocenters. The van der Waals surface area contributed by atoms with E-state index in [1.54, 1.807) is 7.11 Å². The number of allylic oxidation sites excluding steroid dienone is 1. The molecule has 0 atom stereocenters. The van der Waals surface area contributed by atoms with Crippen molar-refractivity contribution < 1.29 is 23.3 Å². The maximum Gasteiger partial charge on any atom is 0.149 e. The van der Waals surface area contributed by atoms with Crippen molar-refractivity contribution in [2.75, 3.05) is 7.11 Å². The van der Waals surface area contributed by atoms with Gasteiger partial charge < -0.3 is 13.9 Å². The first-order valence-electron chi connectivity index (χ1n) is 8.59. The molecule has 3 rings (SSSR count). The Kier molecular flexibility index (Phi) is 5.79. The first-order chi connectivity index (χ1) is 11.8. The van der Waals surface area contributed by atoms with Crippen LogP contribution in [0.15, 0.2) is 34.2 Å².